The first-order valence-corrected chi connectivity index (χ1v) is 17.7. The number of hydrogen-bond donors (Lipinski definition) is 0. The van der Waals surface area contributed by atoms with Crippen molar-refractivity contribution in [3.63, 3.8) is 0 Å². The number of rotatable bonds is 2. The van der Waals surface area contributed by atoms with Crippen LogP contribution in [0.3, 0.4) is 0 Å². The predicted octanol–water partition coefficient (Wildman–Crippen LogP) is 11.4. The van der Waals surface area contributed by atoms with Crippen molar-refractivity contribution >= 4 is 66.4 Å². The fraction of sp³-hybridized carbons (Fsp3) is 0.500. The zero-order valence-electron chi connectivity index (χ0n) is 26.5. The van der Waals surface area contributed by atoms with E-state index in [1.54, 1.807) is 0 Å². The van der Waals surface area contributed by atoms with E-state index in [4.69, 9.17) is 20.0 Å². The molecule has 0 atom stereocenters. The van der Waals surface area contributed by atoms with Crippen LogP contribution in [0.2, 0.25) is 0 Å². The fourth-order valence-corrected chi connectivity index (χ4v) is 9.68. The Kier molecular flexibility index (Phi) is 7.80. The molecule has 0 radical (unpaired) electrons. The Morgan fingerprint density at radius 2 is 0.800 bits per heavy atom. The molecule has 2 heterocycles. The van der Waals surface area contributed by atoms with Crippen LogP contribution < -0.4 is 9.97 Å². The Balaban J connectivity index is 0.00000300. The van der Waals surface area contributed by atoms with Gasteiger partial charge in [0.1, 0.15) is 0 Å². The van der Waals surface area contributed by atoms with Crippen LogP contribution in [0.4, 0.5) is 11.4 Å². The second-order valence-corrected chi connectivity index (χ2v) is 14.9. The van der Waals surface area contributed by atoms with Crippen molar-refractivity contribution < 1.29 is 21.1 Å². The Morgan fingerprint density at radius 3 is 1.20 bits per heavy atom. The van der Waals surface area contributed by atoms with Gasteiger partial charge in [0.2, 0.25) is 0 Å². The summed E-state index contributed by atoms with van der Waals surface area (Å²) >= 11 is 0. The zero-order valence-corrected chi connectivity index (χ0v) is 28.7. The molecular formula is C40H44N4Pt. The van der Waals surface area contributed by atoms with Crippen molar-refractivity contribution in [1.29, 1.82) is 0 Å². The average molecular weight is 776 g/mol. The molecule has 45 heavy (non-hydrogen) atoms. The topological polar surface area (TPSA) is 52.9 Å². The Labute approximate surface area is 281 Å². The monoisotopic (exact) mass is 775 g/mol. The van der Waals surface area contributed by atoms with Crippen LogP contribution in [0.25, 0.3) is 43.6 Å². The number of aliphatic imine (C=N–C) groups is 2. The van der Waals surface area contributed by atoms with Crippen LogP contribution in [0.15, 0.2) is 58.5 Å². The number of benzene rings is 3. The van der Waals surface area contributed by atoms with Gasteiger partial charge in [0.15, 0.2) is 0 Å². The van der Waals surface area contributed by atoms with E-state index in [1.807, 2.05) is 0 Å². The van der Waals surface area contributed by atoms with Gasteiger partial charge in [-0.05, 0) is 122 Å². The molecule has 5 aromatic rings. The molecule has 0 saturated heterocycles. The molecule has 4 nitrogen and oxygen atoms in total. The molecule has 0 N–H and O–H groups in total. The second-order valence-electron chi connectivity index (χ2n) is 14.9. The molecule has 0 aliphatic heterocycles. The average Bonchev–Trinajstić information content (AvgIpc) is 3.64. The quantitative estimate of drug-likeness (QED) is 0.179. The third-order valence-corrected chi connectivity index (χ3v) is 12.4. The summed E-state index contributed by atoms with van der Waals surface area (Å²) in [5, 5.41) is 4.74. The molecule has 4 aliphatic carbocycles. The molecule has 0 amide bonds. The first kappa shape index (κ1) is 29.7. The van der Waals surface area contributed by atoms with Crippen molar-refractivity contribution in [3.05, 3.63) is 48.5 Å². The minimum atomic E-state index is 0. The molecule has 2 spiro atoms. The summed E-state index contributed by atoms with van der Waals surface area (Å²) in [6.45, 7) is 0. The summed E-state index contributed by atoms with van der Waals surface area (Å²) in [5.74, 6) is 0. The van der Waals surface area contributed by atoms with Crippen LogP contribution in [0.1, 0.15) is 116 Å². The summed E-state index contributed by atoms with van der Waals surface area (Å²) in [6, 6.07) is 17.6. The van der Waals surface area contributed by atoms with Gasteiger partial charge < -0.3 is 9.97 Å². The number of aromatic nitrogens is 2. The SMILES string of the molecule is [Pt+2].c1cc(N=C2CCC3(CCCCC3)CC2)c2[n-]c3c(ccc4c5cccc(N=C6CCC7(CCCCC7)CC6)c5[n-]c43)c2c1. The largest absolute Gasteiger partial charge is 2.00 e. The standard InChI is InChI=1S/C40H44N4.Pt/c1-3-19-39(20-4-1)23-15-27(16-24-39)41-33-11-7-9-29-31-13-14-32-30-10-8-12-34(36(30)44-38(32)37(31)43-35(29)33)42-28-17-25-40(26-18-28)21-5-2-6-22-40;/h7-14H,1-6,15-26H2;/q-2;+2. The van der Waals surface area contributed by atoms with E-state index < -0.39 is 0 Å². The molecule has 4 saturated carbocycles. The van der Waals surface area contributed by atoms with E-state index in [1.165, 1.54) is 123 Å². The maximum Gasteiger partial charge on any atom is 2.00 e. The van der Waals surface area contributed by atoms with Crippen molar-refractivity contribution in [2.75, 3.05) is 0 Å². The van der Waals surface area contributed by atoms with Gasteiger partial charge in [0.25, 0.3) is 0 Å². The van der Waals surface area contributed by atoms with Gasteiger partial charge in [-0.1, -0.05) is 74.9 Å². The van der Waals surface area contributed by atoms with Crippen LogP contribution in [-0.2, 0) is 21.1 Å². The molecule has 4 fully saturated rings. The fourth-order valence-electron chi connectivity index (χ4n) is 9.68. The minimum absolute atomic E-state index is 0. The van der Waals surface area contributed by atoms with Crippen molar-refractivity contribution in [2.45, 2.75) is 116 Å². The van der Waals surface area contributed by atoms with Crippen LogP contribution in [0.5, 0.6) is 0 Å². The molecule has 3 aromatic carbocycles. The third kappa shape index (κ3) is 5.24. The Hall–Kier alpha value is -2.71. The first-order chi connectivity index (χ1) is 21.7. The minimum Gasteiger partial charge on any atom is -0.656 e. The maximum atomic E-state index is 5.28. The molecule has 4 aliphatic rings. The van der Waals surface area contributed by atoms with Crippen LogP contribution in [0, 0.1) is 10.8 Å². The Bertz CT molecular complexity index is 1780. The predicted molar refractivity (Wildman–Crippen MR) is 185 cm³/mol. The molecule has 0 bridgehead atoms. The van der Waals surface area contributed by atoms with E-state index >= 15 is 0 Å². The third-order valence-electron chi connectivity index (χ3n) is 12.4. The number of hydrogen-bond acceptors (Lipinski definition) is 2. The zero-order chi connectivity index (χ0) is 29.1. The number of nitrogens with zero attached hydrogens (tertiary/aromatic N) is 4. The normalized spacial score (nSPS) is 21.6. The molecule has 234 valence electrons. The van der Waals surface area contributed by atoms with Gasteiger partial charge in [0.05, 0.1) is 0 Å². The van der Waals surface area contributed by atoms with E-state index in [9.17, 15) is 0 Å². The van der Waals surface area contributed by atoms with E-state index in [0.717, 1.165) is 59.1 Å². The molecule has 9 rings (SSSR count). The smallest absolute Gasteiger partial charge is 0.656 e. The van der Waals surface area contributed by atoms with Crippen LogP contribution >= 0.6 is 0 Å². The van der Waals surface area contributed by atoms with Gasteiger partial charge in [-0.25, -0.2) is 0 Å². The van der Waals surface area contributed by atoms with Crippen molar-refractivity contribution in [2.24, 2.45) is 20.8 Å². The number of para-hydroxylation sites is 2. The number of fused-ring (bicyclic) bond motifs is 7. The van der Waals surface area contributed by atoms with E-state index in [2.05, 4.69) is 48.5 Å². The summed E-state index contributed by atoms with van der Waals surface area (Å²) in [4.78, 5) is 21.1. The summed E-state index contributed by atoms with van der Waals surface area (Å²) in [5.41, 5.74) is 10.0. The van der Waals surface area contributed by atoms with Gasteiger partial charge in [-0.2, -0.15) is 0 Å². The van der Waals surface area contributed by atoms with Gasteiger partial charge >= 0.3 is 21.1 Å². The van der Waals surface area contributed by atoms with Crippen molar-refractivity contribution in [1.82, 2.24) is 9.97 Å². The van der Waals surface area contributed by atoms with E-state index in [-0.39, 0.29) is 21.1 Å². The van der Waals surface area contributed by atoms with E-state index in [0.29, 0.717) is 10.8 Å². The summed E-state index contributed by atoms with van der Waals surface area (Å²) in [6.07, 6.45) is 24.1. The molecule has 0 unspecified atom stereocenters. The second kappa shape index (κ2) is 11.8. The van der Waals surface area contributed by atoms with Crippen LogP contribution in [-0.4, -0.2) is 11.4 Å². The Morgan fingerprint density at radius 1 is 0.422 bits per heavy atom. The summed E-state index contributed by atoms with van der Waals surface area (Å²) < 4.78 is 0. The molecule has 5 heteroatoms. The molecular weight excluding hydrogens is 732 g/mol. The van der Waals surface area contributed by atoms with Crippen molar-refractivity contribution in [3.8, 4) is 0 Å². The van der Waals surface area contributed by atoms with Gasteiger partial charge in [-0.3, -0.25) is 9.98 Å². The van der Waals surface area contributed by atoms with Gasteiger partial charge in [0, 0.05) is 22.8 Å². The maximum absolute atomic E-state index is 5.28. The first-order valence-electron chi connectivity index (χ1n) is 17.7. The van der Waals surface area contributed by atoms with Gasteiger partial charge in [-0.15, -0.1) is 22.1 Å². The molecule has 2 aromatic heterocycles. The summed E-state index contributed by atoms with van der Waals surface area (Å²) in [7, 11) is 0.